The first kappa shape index (κ1) is 13.8. The molecule has 2 aromatic rings. The molecule has 0 spiro atoms. The molecule has 1 unspecified atom stereocenters. The number of rotatable bonds is 3. The van der Waals surface area contributed by atoms with Crippen molar-refractivity contribution >= 4 is 54.2 Å². The molecule has 92 valence electrons. The molecule has 0 fully saturated rings. The Balaban J connectivity index is 2.30. The van der Waals surface area contributed by atoms with E-state index in [0.29, 0.717) is 20.6 Å². The lowest BCUT2D eigenvalue weighted by Gasteiger charge is -2.07. The summed E-state index contributed by atoms with van der Waals surface area (Å²) in [6.07, 6.45) is 0. The Morgan fingerprint density at radius 2 is 1.50 bits per heavy atom. The molecule has 0 aliphatic heterocycles. The highest BCUT2D eigenvalue weighted by molar-refractivity contribution is 7.66. The fraction of sp³-hybridized carbons (Fsp3) is 0. The number of hydrogen-bond donors (Lipinski definition) is 0. The fourth-order valence-corrected chi connectivity index (χ4v) is 3.64. The van der Waals surface area contributed by atoms with Crippen LogP contribution in [0, 0.1) is 0 Å². The van der Waals surface area contributed by atoms with Gasteiger partial charge in [0.15, 0.2) is 5.52 Å². The standard InChI is InChI=1S/C13H8Cl3OP/c14-8-6-10(15)12(11(16)7-8)13(17)18-9-4-2-1-3-5-9/h1-7,18H. The molecule has 5 heteroatoms. The van der Waals surface area contributed by atoms with E-state index < -0.39 is 0 Å². The van der Waals surface area contributed by atoms with Gasteiger partial charge in [0.25, 0.3) is 0 Å². The first-order valence-corrected chi connectivity index (χ1v) is 7.22. The zero-order chi connectivity index (χ0) is 13.1. The van der Waals surface area contributed by atoms with Crippen LogP contribution in [0.25, 0.3) is 0 Å². The number of carbonyl (C=O) groups is 1. The molecule has 0 amide bonds. The summed E-state index contributed by atoms with van der Waals surface area (Å²) >= 11 is 17.8. The van der Waals surface area contributed by atoms with Gasteiger partial charge in [0, 0.05) is 5.02 Å². The molecule has 2 rings (SSSR count). The van der Waals surface area contributed by atoms with Crippen molar-refractivity contribution in [2.45, 2.75) is 0 Å². The van der Waals surface area contributed by atoms with Crippen LogP contribution in [0.5, 0.6) is 0 Å². The van der Waals surface area contributed by atoms with Gasteiger partial charge in [-0.2, -0.15) is 0 Å². The Morgan fingerprint density at radius 3 is 2.06 bits per heavy atom. The van der Waals surface area contributed by atoms with Crippen molar-refractivity contribution in [3.05, 3.63) is 63.1 Å². The van der Waals surface area contributed by atoms with Crippen molar-refractivity contribution in [1.29, 1.82) is 0 Å². The molecule has 0 saturated heterocycles. The Bertz CT molecular complexity index is 561. The second-order valence-corrected chi connectivity index (χ2v) is 6.10. The molecule has 0 radical (unpaired) electrons. The Hall–Kier alpha value is -0.590. The van der Waals surface area contributed by atoms with Crippen molar-refractivity contribution in [2.24, 2.45) is 0 Å². The molecular formula is C13H8Cl3OP. The minimum absolute atomic E-state index is 0.00562. The van der Waals surface area contributed by atoms with E-state index in [9.17, 15) is 4.79 Å². The maximum Gasteiger partial charge on any atom is 0.188 e. The van der Waals surface area contributed by atoms with Gasteiger partial charge in [-0.15, -0.1) is 0 Å². The predicted molar refractivity (Wildman–Crippen MR) is 80.2 cm³/mol. The SMILES string of the molecule is O=C(Pc1ccccc1)c1c(Cl)cc(Cl)cc1Cl. The van der Waals surface area contributed by atoms with Crippen LogP contribution in [-0.2, 0) is 0 Å². The van der Waals surface area contributed by atoms with Crippen molar-refractivity contribution < 1.29 is 4.79 Å². The zero-order valence-electron chi connectivity index (χ0n) is 9.08. The van der Waals surface area contributed by atoms with Crippen LogP contribution < -0.4 is 5.30 Å². The molecule has 0 bridgehead atoms. The second kappa shape index (κ2) is 6.04. The molecule has 0 aliphatic rings. The average molecular weight is 318 g/mol. The lowest BCUT2D eigenvalue weighted by molar-refractivity contribution is 0.108. The van der Waals surface area contributed by atoms with E-state index in [-0.39, 0.29) is 14.1 Å². The normalized spacial score (nSPS) is 11.1. The smallest absolute Gasteiger partial charge is 0.188 e. The van der Waals surface area contributed by atoms with Gasteiger partial charge in [-0.1, -0.05) is 65.1 Å². The third-order valence-corrected chi connectivity index (χ3v) is 4.18. The fourth-order valence-electron chi connectivity index (χ4n) is 1.47. The molecule has 0 saturated carbocycles. The zero-order valence-corrected chi connectivity index (χ0v) is 12.4. The second-order valence-electron chi connectivity index (χ2n) is 3.56. The van der Waals surface area contributed by atoms with Gasteiger partial charge in [0.1, 0.15) is 0 Å². The Kier molecular flexibility index (Phi) is 4.64. The van der Waals surface area contributed by atoms with Gasteiger partial charge >= 0.3 is 0 Å². The highest BCUT2D eigenvalue weighted by Crippen LogP contribution is 2.33. The quantitative estimate of drug-likeness (QED) is 0.744. The minimum Gasteiger partial charge on any atom is -0.289 e. The number of hydrogen-bond acceptors (Lipinski definition) is 1. The van der Waals surface area contributed by atoms with Crippen molar-refractivity contribution in [3.8, 4) is 0 Å². The summed E-state index contributed by atoms with van der Waals surface area (Å²) in [6.45, 7) is 0. The lowest BCUT2D eigenvalue weighted by atomic mass is 10.2. The van der Waals surface area contributed by atoms with Gasteiger partial charge < -0.3 is 0 Å². The maximum absolute atomic E-state index is 12.2. The maximum atomic E-state index is 12.2. The van der Waals surface area contributed by atoms with E-state index in [2.05, 4.69) is 0 Å². The number of halogens is 3. The Morgan fingerprint density at radius 1 is 0.944 bits per heavy atom. The van der Waals surface area contributed by atoms with Gasteiger partial charge in [-0.05, 0) is 26.0 Å². The van der Waals surface area contributed by atoms with Crippen LogP contribution in [0.3, 0.4) is 0 Å². The number of benzene rings is 2. The largest absolute Gasteiger partial charge is 0.289 e. The van der Waals surface area contributed by atoms with E-state index in [1.165, 1.54) is 12.1 Å². The first-order chi connectivity index (χ1) is 8.58. The summed E-state index contributed by atoms with van der Waals surface area (Å²) < 4.78 is 0. The van der Waals surface area contributed by atoms with Crippen LogP contribution >= 0.6 is 43.4 Å². The van der Waals surface area contributed by atoms with Crippen LogP contribution in [0.15, 0.2) is 42.5 Å². The van der Waals surface area contributed by atoms with Gasteiger partial charge in [0.2, 0.25) is 0 Å². The van der Waals surface area contributed by atoms with Crippen molar-refractivity contribution in [2.75, 3.05) is 0 Å². The van der Waals surface area contributed by atoms with Crippen LogP contribution in [-0.4, -0.2) is 5.52 Å². The average Bonchev–Trinajstić information content (AvgIpc) is 2.28. The van der Waals surface area contributed by atoms with Gasteiger partial charge in [-0.25, -0.2) is 0 Å². The monoisotopic (exact) mass is 316 g/mol. The molecule has 1 nitrogen and oxygen atoms in total. The first-order valence-electron chi connectivity index (χ1n) is 5.09. The molecule has 18 heavy (non-hydrogen) atoms. The Labute approximate surface area is 122 Å². The van der Waals surface area contributed by atoms with Crippen molar-refractivity contribution in [1.82, 2.24) is 0 Å². The summed E-state index contributed by atoms with van der Waals surface area (Å²) in [6, 6.07) is 12.5. The lowest BCUT2D eigenvalue weighted by Crippen LogP contribution is -2.01. The molecule has 2 aromatic carbocycles. The number of carbonyl (C=O) groups excluding carboxylic acids is 1. The summed E-state index contributed by atoms with van der Waals surface area (Å²) in [7, 11) is -0.00562. The predicted octanol–water partition coefficient (Wildman–Crippen LogP) is 4.79. The van der Waals surface area contributed by atoms with Crippen LogP contribution in [0.4, 0.5) is 0 Å². The molecule has 0 aromatic heterocycles. The molecule has 1 atom stereocenters. The van der Waals surface area contributed by atoms with Crippen LogP contribution in [0.1, 0.15) is 10.4 Å². The summed E-state index contributed by atoms with van der Waals surface area (Å²) in [5.41, 5.74) is 0.248. The van der Waals surface area contributed by atoms with Crippen molar-refractivity contribution in [3.63, 3.8) is 0 Å². The molecule has 0 aliphatic carbocycles. The van der Waals surface area contributed by atoms with Crippen LogP contribution in [0.2, 0.25) is 15.1 Å². The topological polar surface area (TPSA) is 17.1 Å². The van der Waals surface area contributed by atoms with E-state index in [1.54, 1.807) is 0 Å². The third kappa shape index (κ3) is 3.24. The van der Waals surface area contributed by atoms with E-state index in [4.69, 9.17) is 34.8 Å². The third-order valence-electron chi connectivity index (χ3n) is 2.27. The highest BCUT2D eigenvalue weighted by Gasteiger charge is 2.16. The minimum atomic E-state index is -0.0899. The summed E-state index contributed by atoms with van der Waals surface area (Å²) in [5.74, 6) is 0. The molecule has 0 heterocycles. The summed E-state index contributed by atoms with van der Waals surface area (Å²) in [5, 5.41) is 1.95. The summed E-state index contributed by atoms with van der Waals surface area (Å²) in [4.78, 5) is 12.2. The highest BCUT2D eigenvalue weighted by atomic mass is 35.5. The molecular weight excluding hydrogens is 309 g/mol. The molecule has 0 N–H and O–H groups in total. The van der Waals surface area contributed by atoms with Gasteiger partial charge in [0.05, 0.1) is 15.6 Å². The van der Waals surface area contributed by atoms with E-state index >= 15 is 0 Å². The van der Waals surface area contributed by atoms with E-state index in [0.717, 1.165) is 5.30 Å². The van der Waals surface area contributed by atoms with E-state index in [1.807, 2.05) is 30.3 Å². The van der Waals surface area contributed by atoms with Gasteiger partial charge in [-0.3, -0.25) is 4.79 Å².